The molecule has 1 aromatic carbocycles. The fourth-order valence-electron chi connectivity index (χ4n) is 2.57. The molecule has 1 heterocycles. The van der Waals surface area contributed by atoms with Crippen molar-refractivity contribution in [1.29, 1.82) is 0 Å². The molecule has 1 fully saturated rings. The van der Waals surface area contributed by atoms with Gasteiger partial charge in [-0.15, -0.1) is 0 Å². The predicted molar refractivity (Wildman–Crippen MR) is 87.1 cm³/mol. The monoisotopic (exact) mass is 311 g/mol. The Morgan fingerprint density at radius 1 is 1.24 bits per heavy atom. The van der Waals surface area contributed by atoms with Crippen LogP contribution in [0.3, 0.4) is 0 Å². The Morgan fingerprint density at radius 2 is 1.90 bits per heavy atom. The van der Waals surface area contributed by atoms with Crippen molar-refractivity contribution in [3.8, 4) is 0 Å². The molecule has 118 valence electrons. The SMILES string of the molecule is CN(CCCNS(=O)(=O)C1CCNCC1)c1ccccc1. The minimum Gasteiger partial charge on any atom is -0.375 e. The van der Waals surface area contributed by atoms with Crippen LogP contribution < -0.4 is 14.9 Å². The van der Waals surface area contributed by atoms with Crippen LogP contribution in [0.15, 0.2) is 30.3 Å². The number of anilines is 1. The number of nitrogens with zero attached hydrogens (tertiary/aromatic N) is 1. The molecule has 0 bridgehead atoms. The Labute approximate surface area is 127 Å². The first-order valence-corrected chi connectivity index (χ1v) is 9.09. The summed E-state index contributed by atoms with van der Waals surface area (Å²) in [5, 5.41) is 2.96. The Morgan fingerprint density at radius 3 is 2.57 bits per heavy atom. The summed E-state index contributed by atoms with van der Waals surface area (Å²) >= 11 is 0. The number of piperidine rings is 1. The summed E-state index contributed by atoms with van der Waals surface area (Å²) in [4.78, 5) is 2.14. The maximum atomic E-state index is 12.1. The highest BCUT2D eigenvalue weighted by atomic mass is 32.2. The van der Waals surface area contributed by atoms with E-state index in [1.165, 1.54) is 0 Å². The highest BCUT2D eigenvalue weighted by Crippen LogP contribution is 2.13. The first-order valence-electron chi connectivity index (χ1n) is 7.55. The highest BCUT2D eigenvalue weighted by molar-refractivity contribution is 7.90. The normalized spacial score (nSPS) is 16.8. The zero-order chi connectivity index (χ0) is 15.1. The van der Waals surface area contributed by atoms with Crippen LogP contribution in [0.2, 0.25) is 0 Å². The maximum Gasteiger partial charge on any atom is 0.214 e. The van der Waals surface area contributed by atoms with Crippen molar-refractivity contribution in [2.24, 2.45) is 0 Å². The Balaban J connectivity index is 1.71. The molecule has 6 heteroatoms. The fourth-order valence-corrected chi connectivity index (χ4v) is 4.09. The topological polar surface area (TPSA) is 61.4 Å². The van der Waals surface area contributed by atoms with E-state index in [0.29, 0.717) is 19.4 Å². The second-order valence-corrected chi connectivity index (χ2v) is 7.54. The van der Waals surface area contributed by atoms with Gasteiger partial charge in [-0.25, -0.2) is 13.1 Å². The molecule has 0 spiro atoms. The first kappa shape index (κ1) is 16.3. The molecule has 0 atom stereocenters. The van der Waals surface area contributed by atoms with Crippen LogP contribution in [0.1, 0.15) is 19.3 Å². The lowest BCUT2D eigenvalue weighted by atomic mass is 10.2. The smallest absolute Gasteiger partial charge is 0.214 e. The van der Waals surface area contributed by atoms with Crippen LogP contribution in [0.5, 0.6) is 0 Å². The van der Waals surface area contributed by atoms with Gasteiger partial charge in [-0.1, -0.05) is 18.2 Å². The maximum absolute atomic E-state index is 12.1. The van der Waals surface area contributed by atoms with Gasteiger partial charge >= 0.3 is 0 Å². The number of benzene rings is 1. The molecular weight excluding hydrogens is 286 g/mol. The summed E-state index contributed by atoms with van der Waals surface area (Å²) in [5.74, 6) is 0. The third-order valence-electron chi connectivity index (χ3n) is 3.90. The van der Waals surface area contributed by atoms with Crippen LogP contribution in [0.4, 0.5) is 5.69 Å². The highest BCUT2D eigenvalue weighted by Gasteiger charge is 2.26. The molecule has 0 aliphatic carbocycles. The van der Waals surface area contributed by atoms with E-state index in [2.05, 4.69) is 27.1 Å². The molecule has 1 saturated heterocycles. The molecule has 2 N–H and O–H groups in total. The zero-order valence-electron chi connectivity index (χ0n) is 12.6. The van der Waals surface area contributed by atoms with Gasteiger partial charge in [0.1, 0.15) is 0 Å². The molecule has 0 unspecified atom stereocenters. The molecule has 1 aliphatic rings. The molecule has 0 saturated carbocycles. The summed E-state index contributed by atoms with van der Waals surface area (Å²) in [7, 11) is -1.13. The zero-order valence-corrected chi connectivity index (χ0v) is 13.4. The van der Waals surface area contributed by atoms with E-state index >= 15 is 0 Å². The van der Waals surface area contributed by atoms with Crippen LogP contribution in [-0.4, -0.2) is 46.9 Å². The second-order valence-electron chi connectivity index (χ2n) is 5.50. The number of hydrogen-bond acceptors (Lipinski definition) is 4. The molecule has 2 rings (SSSR count). The summed E-state index contributed by atoms with van der Waals surface area (Å²) in [5.41, 5.74) is 1.15. The molecule has 0 amide bonds. The lowest BCUT2D eigenvalue weighted by Crippen LogP contribution is -2.42. The van der Waals surface area contributed by atoms with Gasteiger partial charge in [0, 0.05) is 25.8 Å². The van der Waals surface area contributed by atoms with E-state index in [-0.39, 0.29) is 5.25 Å². The van der Waals surface area contributed by atoms with E-state index in [4.69, 9.17) is 0 Å². The standard InChI is InChI=1S/C15H25N3O2S/c1-18(14-6-3-2-4-7-14)13-5-10-17-21(19,20)15-8-11-16-12-9-15/h2-4,6-7,15-17H,5,8-13H2,1H3. The molecule has 21 heavy (non-hydrogen) atoms. The van der Waals surface area contributed by atoms with Gasteiger partial charge < -0.3 is 10.2 Å². The number of rotatable bonds is 7. The lowest BCUT2D eigenvalue weighted by Gasteiger charge is -2.23. The van der Waals surface area contributed by atoms with E-state index < -0.39 is 10.0 Å². The number of para-hydroxylation sites is 1. The molecule has 0 aromatic heterocycles. The van der Waals surface area contributed by atoms with E-state index in [0.717, 1.165) is 31.7 Å². The summed E-state index contributed by atoms with van der Waals surface area (Å²) in [6.45, 7) is 2.92. The predicted octanol–water partition coefficient (Wildman–Crippen LogP) is 1.18. The average molecular weight is 311 g/mol. The van der Waals surface area contributed by atoms with Gasteiger partial charge in [0.25, 0.3) is 0 Å². The van der Waals surface area contributed by atoms with Crippen molar-refractivity contribution >= 4 is 15.7 Å². The Kier molecular flexibility index (Phi) is 6.02. The van der Waals surface area contributed by atoms with Crippen molar-refractivity contribution < 1.29 is 8.42 Å². The van der Waals surface area contributed by atoms with E-state index in [1.54, 1.807) is 0 Å². The van der Waals surface area contributed by atoms with Crippen LogP contribution in [0, 0.1) is 0 Å². The summed E-state index contributed by atoms with van der Waals surface area (Å²) in [6.07, 6.45) is 2.22. The van der Waals surface area contributed by atoms with Gasteiger partial charge in [-0.3, -0.25) is 0 Å². The quantitative estimate of drug-likeness (QED) is 0.743. The minimum atomic E-state index is -3.15. The summed E-state index contributed by atoms with van der Waals surface area (Å²) < 4.78 is 27.0. The lowest BCUT2D eigenvalue weighted by molar-refractivity contribution is 0.489. The van der Waals surface area contributed by atoms with Gasteiger partial charge in [0.15, 0.2) is 0 Å². The molecular formula is C15H25N3O2S. The molecule has 1 aromatic rings. The third kappa shape index (κ3) is 4.98. The van der Waals surface area contributed by atoms with E-state index in [1.807, 2.05) is 25.2 Å². The van der Waals surface area contributed by atoms with Gasteiger partial charge in [0.2, 0.25) is 10.0 Å². The largest absolute Gasteiger partial charge is 0.375 e. The van der Waals surface area contributed by atoms with Gasteiger partial charge in [-0.2, -0.15) is 0 Å². The van der Waals surface area contributed by atoms with Crippen LogP contribution >= 0.6 is 0 Å². The third-order valence-corrected chi connectivity index (χ3v) is 5.85. The summed E-state index contributed by atoms with van der Waals surface area (Å²) in [6, 6.07) is 10.1. The molecule has 5 nitrogen and oxygen atoms in total. The van der Waals surface area contributed by atoms with Crippen LogP contribution in [-0.2, 0) is 10.0 Å². The Bertz CT molecular complexity index is 513. The van der Waals surface area contributed by atoms with Crippen molar-refractivity contribution in [1.82, 2.24) is 10.0 Å². The van der Waals surface area contributed by atoms with Crippen molar-refractivity contribution in [3.05, 3.63) is 30.3 Å². The van der Waals surface area contributed by atoms with E-state index in [9.17, 15) is 8.42 Å². The van der Waals surface area contributed by atoms with Crippen molar-refractivity contribution in [3.63, 3.8) is 0 Å². The Hall–Kier alpha value is -1.11. The van der Waals surface area contributed by atoms with Gasteiger partial charge in [0.05, 0.1) is 5.25 Å². The average Bonchev–Trinajstić information content (AvgIpc) is 2.53. The number of nitrogens with one attached hydrogen (secondary N) is 2. The van der Waals surface area contributed by atoms with Crippen molar-refractivity contribution in [2.45, 2.75) is 24.5 Å². The number of sulfonamides is 1. The fraction of sp³-hybridized carbons (Fsp3) is 0.600. The second kappa shape index (κ2) is 7.77. The molecule has 1 aliphatic heterocycles. The molecule has 0 radical (unpaired) electrons. The van der Waals surface area contributed by atoms with Crippen molar-refractivity contribution in [2.75, 3.05) is 38.1 Å². The van der Waals surface area contributed by atoms with Crippen LogP contribution in [0.25, 0.3) is 0 Å². The number of hydrogen-bond donors (Lipinski definition) is 2. The minimum absolute atomic E-state index is 0.231. The van der Waals surface area contributed by atoms with Gasteiger partial charge in [-0.05, 0) is 44.5 Å². The first-order chi connectivity index (χ1) is 10.1.